The zero-order valence-electron chi connectivity index (χ0n) is 21.1. The molecular weight excluding hydrogens is 568 g/mol. The molecule has 0 radical (unpaired) electrons. The maximum Gasteiger partial charge on any atom is 0.247 e. The Hall–Kier alpha value is -3.35. The van der Waals surface area contributed by atoms with E-state index >= 15 is 0 Å². The summed E-state index contributed by atoms with van der Waals surface area (Å²) in [5.41, 5.74) is 0.958. The number of nitrogens with one attached hydrogen (secondary N) is 2. The third kappa shape index (κ3) is 4.30. The molecule has 3 aliphatic rings. The normalized spacial score (nSPS) is 29.1. The highest BCUT2D eigenvalue weighted by atomic mass is 79.9. The van der Waals surface area contributed by atoms with Crippen molar-refractivity contribution >= 4 is 50.4 Å². The van der Waals surface area contributed by atoms with E-state index in [1.807, 2.05) is 42.5 Å². The molecule has 0 saturated carbocycles. The van der Waals surface area contributed by atoms with Crippen molar-refractivity contribution in [2.75, 3.05) is 18.5 Å². The van der Waals surface area contributed by atoms with Gasteiger partial charge in [0.05, 0.1) is 23.5 Å². The van der Waals surface area contributed by atoms with Gasteiger partial charge in [0.25, 0.3) is 0 Å². The Labute approximate surface area is 233 Å². The standard InChI is InChI=1S/C27H29BrN6O5/c28-17-14-27-21(20(22(17)39-27)24(36)30-16-8-2-1-3-9-16)26(38)33(12-6-7-13-35)23(27)25(37)29-15-34-19-11-5-4-10-18(19)31-32-34/h1-5,8-11,17,20-23,35H,6-7,12-15H2,(H,29,37)(H,30,36)/t17?,20-,21-,22-,23?,27?/m0/s1. The Balaban J connectivity index is 1.29. The molecule has 39 heavy (non-hydrogen) atoms. The molecule has 1 spiro atoms. The number of carbonyl (C=O) groups excluding carboxylic acids is 3. The Bertz CT molecular complexity index is 1400. The van der Waals surface area contributed by atoms with Gasteiger partial charge in [-0.3, -0.25) is 14.4 Å². The van der Waals surface area contributed by atoms with Crippen LogP contribution in [0, 0.1) is 11.8 Å². The van der Waals surface area contributed by atoms with Crippen LogP contribution < -0.4 is 10.6 Å². The van der Waals surface area contributed by atoms with Crippen molar-refractivity contribution in [2.45, 2.75) is 48.5 Å². The quantitative estimate of drug-likeness (QED) is 0.252. The monoisotopic (exact) mass is 596 g/mol. The molecule has 3 aromatic rings. The van der Waals surface area contributed by atoms with Gasteiger partial charge < -0.3 is 25.4 Å². The van der Waals surface area contributed by atoms with E-state index in [4.69, 9.17) is 4.74 Å². The first-order chi connectivity index (χ1) is 18.9. The average Bonchev–Trinajstić information content (AvgIpc) is 3.65. The number of unbranched alkanes of at least 4 members (excludes halogenated alkanes) is 1. The summed E-state index contributed by atoms with van der Waals surface area (Å²) in [5.74, 6) is -2.50. The largest absolute Gasteiger partial charge is 0.396 e. The maximum absolute atomic E-state index is 13.9. The van der Waals surface area contributed by atoms with Crippen LogP contribution in [0.15, 0.2) is 54.6 Å². The van der Waals surface area contributed by atoms with Gasteiger partial charge in [0.1, 0.15) is 23.8 Å². The second kappa shape index (κ2) is 10.3. The number of hydrogen-bond acceptors (Lipinski definition) is 7. The summed E-state index contributed by atoms with van der Waals surface area (Å²) in [4.78, 5) is 42.7. The van der Waals surface area contributed by atoms with E-state index in [0.29, 0.717) is 30.5 Å². The van der Waals surface area contributed by atoms with Crippen molar-refractivity contribution in [3.05, 3.63) is 54.6 Å². The van der Waals surface area contributed by atoms with Gasteiger partial charge in [-0.05, 0) is 43.5 Å². The second-order valence-electron chi connectivity index (χ2n) is 10.3. The predicted octanol–water partition coefficient (Wildman–Crippen LogP) is 1.66. The summed E-state index contributed by atoms with van der Waals surface area (Å²) in [5, 5.41) is 23.5. The zero-order valence-corrected chi connectivity index (χ0v) is 22.7. The van der Waals surface area contributed by atoms with Crippen molar-refractivity contribution in [1.29, 1.82) is 0 Å². The molecule has 3 N–H and O–H groups in total. The summed E-state index contributed by atoms with van der Waals surface area (Å²) < 4.78 is 8.09. The fourth-order valence-corrected chi connectivity index (χ4v) is 7.34. The van der Waals surface area contributed by atoms with Crippen molar-refractivity contribution in [3.8, 4) is 0 Å². The number of rotatable bonds is 9. The highest BCUT2D eigenvalue weighted by molar-refractivity contribution is 9.09. The number of halogens is 1. The number of nitrogens with zero attached hydrogens (tertiary/aromatic N) is 4. The molecule has 4 heterocycles. The van der Waals surface area contributed by atoms with E-state index in [1.54, 1.807) is 21.7 Å². The first-order valence-corrected chi connectivity index (χ1v) is 14.0. The third-order valence-electron chi connectivity index (χ3n) is 8.01. The lowest BCUT2D eigenvalue weighted by Gasteiger charge is -2.34. The van der Waals surface area contributed by atoms with Gasteiger partial charge in [-0.15, -0.1) is 5.10 Å². The van der Waals surface area contributed by atoms with Crippen LogP contribution >= 0.6 is 15.9 Å². The van der Waals surface area contributed by atoms with E-state index in [1.165, 1.54) is 0 Å². The smallest absolute Gasteiger partial charge is 0.247 e. The van der Waals surface area contributed by atoms with Crippen LogP contribution in [0.1, 0.15) is 19.3 Å². The van der Waals surface area contributed by atoms with Gasteiger partial charge >= 0.3 is 0 Å². The molecule has 12 heteroatoms. The molecule has 11 nitrogen and oxygen atoms in total. The number of benzene rings is 2. The van der Waals surface area contributed by atoms with Gasteiger partial charge in [-0.2, -0.15) is 0 Å². The average molecular weight is 597 g/mol. The first-order valence-electron chi connectivity index (χ1n) is 13.1. The number of aliphatic hydroxyl groups is 1. The number of ether oxygens (including phenoxy) is 1. The van der Waals surface area contributed by atoms with Crippen molar-refractivity contribution in [1.82, 2.24) is 25.2 Å². The molecule has 0 aliphatic carbocycles. The molecule has 204 valence electrons. The van der Waals surface area contributed by atoms with E-state index in [-0.39, 0.29) is 42.4 Å². The lowest BCUT2D eigenvalue weighted by Crippen LogP contribution is -2.56. The lowest BCUT2D eigenvalue weighted by molar-refractivity contribution is -0.141. The van der Waals surface area contributed by atoms with Crippen LogP contribution in [0.3, 0.4) is 0 Å². The van der Waals surface area contributed by atoms with E-state index in [9.17, 15) is 19.5 Å². The van der Waals surface area contributed by atoms with Gasteiger partial charge in [0.15, 0.2) is 0 Å². The molecule has 2 bridgehead atoms. The molecule has 1 aromatic heterocycles. The van der Waals surface area contributed by atoms with Crippen LogP contribution in [-0.4, -0.2) is 78.4 Å². The summed E-state index contributed by atoms with van der Waals surface area (Å²) in [7, 11) is 0. The molecule has 3 amide bonds. The summed E-state index contributed by atoms with van der Waals surface area (Å²) in [6.45, 7) is 0.321. The summed E-state index contributed by atoms with van der Waals surface area (Å²) >= 11 is 3.68. The molecule has 6 rings (SSSR count). The van der Waals surface area contributed by atoms with Crippen molar-refractivity contribution < 1.29 is 24.2 Å². The summed E-state index contributed by atoms with van der Waals surface area (Å²) in [6.07, 6.45) is 0.884. The molecule has 3 unspecified atom stereocenters. The van der Waals surface area contributed by atoms with Crippen LogP contribution in [0.5, 0.6) is 0 Å². The Kier molecular flexibility index (Phi) is 6.86. The number of likely N-dealkylation sites (tertiary alicyclic amines) is 1. The van der Waals surface area contributed by atoms with Gasteiger partial charge in [0.2, 0.25) is 17.7 Å². The van der Waals surface area contributed by atoms with Crippen LogP contribution in [0.25, 0.3) is 11.0 Å². The number of para-hydroxylation sites is 2. The van der Waals surface area contributed by atoms with Crippen molar-refractivity contribution in [2.24, 2.45) is 11.8 Å². The Morgan fingerprint density at radius 2 is 1.87 bits per heavy atom. The highest BCUT2D eigenvalue weighted by Crippen LogP contribution is 2.60. The number of fused-ring (bicyclic) bond motifs is 2. The van der Waals surface area contributed by atoms with Gasteiger partial charge in [0, 0.05) is 23.7 Å². The minimum atomic E-state index is -1.15. The second-order valence-corrected chi connectivity index (χ2v) is 11.4. The van der Waals surface area contributed by atoms with Crippen LogP contribution in [0.2, 0.25) is 0 Å². The number of alkyl halides is 1. The highest BCUT2D eigenvalue weighted by Gasteiger charge is 2.76. The first kappa shape index (κ1) is 25.9. The Morgan fingerprint density at radius 1 is 1.10 bits per heavy atom. The minimum absolute atomic E-state index is 0.0169. The third-order valence-corrected chi connectivity index (χ3v) is 8.86. The number of amides is 3. The predicted molar refractivity (Wildman–Crippen MR) is 144 cm³/mol. The summed E-state index contributed by atoms with van der Waals surface area (Å²) in [6, 6.07) is 15.6. The van der Waals surface area contributed by atoms with E-state index < -0.39 is 29.6 Å². The molecular formula is C27H29BrN6O5. The number of aromatic nitrogens is 3. The fraction of sp³-hybridized carbons (Fsp3) is 0.444. The lowest BCUT2D eigenvalue weighted by atomic mass is 9.70. The zero-order chi connectivity index (χ0) is 27.1. The molecule has 6 atom stereocenters. The number of hydrogen-bond donors (Lipinski definition) is 3. The topological polar surface area (TPSA) is 139 Å². The minimum Gasteiger partial charge on any atom is -0.396 e. The van der Waals surface area contributed by atoms with E-state index in [2.05, 4.69) is 36.9 Å². The Morgan fingerprint density at radius 3 is 2.67 bits per heavy atom. The maximum atomic E-state index is 13.9. The van der Waals surface area contributed by atoms with Crippen molar-refractivity contribution in [3.63, 3.8) is 0 Å². The molecule has 3 fully saturated rings. The van der Waals surface area contributed by atoms with Crippen LogP contribution in [-0.2, 0) is 25.8 Å². The molecule has 3 aliphatic heterocycles. The fourth-order valence-electron chi connectivity index (χ4n) is 6.39. The number of aliphatic hydroxyl groups excluding tert-OH is 1. The van der Waals surface area contributed by atoms with Gasteiger partial charge in [-0.1, -0.05) is 51.5 Å². The van der Waals surface area contributed by atoms with Crippen LogP contribution in [0.4, 0.5) is 5.69 Å². The SMILES string of the molecule is O=C(NCn1nnc2ccccc21)C1N(CCCCO)C(=O)[C@@H]2[C@H](C(=O)Nc3ccccc3)[C@H]3OC12CC3Br. The molecule has 3 saturated heterocycles. The molecule has 2 aromatic carbocycles. The van der Waals surface area contributed by atoms with Gasteiger partial charge in [-0.25, -0.2) is 4.68 Å². The number of carbonyl (C=O) groups is 3. The number of anilines is 1. The van der Waals surface area contributed by atoms with E-state index in [0.717, 1.165) is 5.52 Å².